The normalized spacial score (nSPS) is 33.4. The van der Waals surface area contributed by atoms with Crippen molar-refractivity contribution in [2.45, 2.75) is 90.4 Å². The molecule has 144 valence electrons. The van der Waals surface area contributed by atoms with Crippen LogP contribution in [0.2, 0.25) is 0 Å². The highest BCUT2D eigenvalue weighted by molar-refractivity contribution is 5.73. The number of carboxylic acids is 2. The topological polar surface area (TPSA) is 90.3 Å². The van der Waals surface area contributed by atoms with E-state index in [1.54, 1.807) is 10.1 Å². The fourth-order valence-electron chi connectivity index (χ4n) is 4.80. The Kier molecular flexibility index (Phi) is 4.56. The van der Waals surface area contributed by atoms with E-state index in [0.29, 0.717) is 12.8 Å². The molecule has 0 saturated carbocycles. The Bertz CT molecular complexity index is 532. The van der Waals surface area contributed by atoms with Crippen LogP contribution in [0.15, 0.2) is 0 Å². The molecule has 0 aromatic rings. The quantitative estimate of drug-likeness (QED) is 0.800. The monoisotopic (exact) mass is 356 g/mol. The van der Waals surface area contributed by atoms with Gasteiger partial charge in [0, 0.05) is 11.1 Å². The number of aliphatic carboxylic acids is 2. The Morgan fingerprint density at radius 2 is 1.04 bits per heavy atom. The lowest BCUT2D eigenvalue weighted by Gasteiger charge is -2.47. The number of hydroxylamine groups is 4. The van der Waals surface area contributed by atoms with E-state index in [1.807, 2.05) is 55.4 Å². The van der Waals surface area contributed by atoms with Crippen LogP contribution in [0.1, 0.15) is 68.2 Å². The van der Waals surface area contributed by atoms with E-state index in [-0.39, 0.29) is 0 Å². The molecular formula is C18H32N2O5. The Labute approximate surface area is 149 Å². The van der Waals surface area contributed by atoms with Crippen molar-refractivity contribution in [2.24, 2.45) is 11.8 Å². The zero-order valence-corrected chi connectivity index (χ0v) is 16.6. The molecule has 0 spiro atoms. The second kappa shape index (κ2) is 5.66. The molecule has 0 amide bonds. The van der Waals surface area contributed by atoms with Gasteiger partial charge in [0.1, 0.15) is 0 Å². The molecule has 2 rings (SSSR count). The van der Waals surface area contributed by atoms with Crippen molar-refractivity contribution in [3.05, 3.63) is 0 Å². The fourth-order valence-corrected chi connectivity index (χ4v) is 4.80. The third-order valence-corrected chi connectivity index (χ3v) is 6.02. The first-order chi connectivity index (χ1) is 11.0. The van der Waals surface area contributed by atoms with E-state index < -0.39 is 45.9 Å². The zero-order valence-electron chi connectivity index (χ0n) is 16.6. The van der Waals surface area contributed by atoms with Gasteiger partial charge in [-0.05, 0) is 68.2 Å². The highest BCUT2D eigenvalue weighted by atomic mass is 16.8. The lowest BCUT2D eigenvalue weighted by molar-refractivity contribution is -0.411. The van der Waals surface area contributed by atoms with Gasteiger partial charge in [-0.25, -0.2) is 4.94 Å². The van der Waals surface area contributed by atoms with Crippen molar-refractivity contribution < 1.29 is 24.7 Å². The van der Waals surface area contributed by atoms with E-state index >= 15 is 0 Å². The van der Waals surface area contributed by atoms with Gasteiger partial charge in [0.25, 0.3) is 0 Å². The summed E-state index contributed by atoms with van der Waals surface area (Å²) in [5.74, 6) is -2.81. The van der Waals surface area contributed by atoms with E-state index in [1.165, 1.54) is 0 Å². The summed E-state index contributed by atoms with van der Waals surface area (Å²) in [5.41, 5.74) is -2.41. The molecule has 2 N–H and O–H groups in total. The molecule has 7 nitrogen and oxygen atoms in total. The first kappa shape index (κ1) is 20.1. The van der Waals surface area contributed by atoms with Crippen molar-refractivity contribution in [1.29, 1.82) is 0 Å². The van der Waals surface area contributed by atoms with Crippen LogP contribution >= 0.6 is 0 Å². The molecule has 25 heavy (non-hydrogen) atoms. The summed E-state index contributed by atoms with van der Waals surface area (Å²) >= 11 is 0. The summed E-state index contributed by atoms with van der Waals surface area (Å²) in [6.45, 7) is 15.3. The minimum atomic E-state index is -0.840. The molecule has 2 aliphatic rings. The van der Waals surface area contributed by atoms with Crippen LogP contribution in [0.5, 0.6) is 0 Å². The molecule has 0 aromatic heterocycles. The molecule has 2 unspecified atom stereocenters. The van der Waals surface area contributed by atoms with Crippen LogP contribution in [-0.4, -0.2) is 54.4 Å². The van der Waals surface area contributed by atoms with Crippen LogP contribution in [0.25, 0.3) is 0 Å². The minimum absolute atomic E-state index is 0.465. The third kappa shape index (κ3) is 3.06. The fraction of sp³-hybridized carbons (Fsp3) is 0.889. The summed E-state index contributed by atoms with van der Waals surface area (Å²) in [6.07, 6.45) is 0.929. The molecule has 7 heteroatoms. The average molecular weight is 356 g/mol. The number of nitrogens with zero attached hydrogens (tertiary/aromatic N) is 2. The van der Waals surface area contributed by atoms with Gasteiger partial charge >= 0.3 is 11.9 Å². The van der Waals surface area contributed by atoms with E-state index in [2.05, 4.69) is 0 Å². The first-order valence-electron chi connectivity index (χ1n) is 8.79. The smallest absolute Gasteiger partial charge is 0.308 e. The Morgan fingerprint density at radius 3 is 1.24 bits per heavy atom. The van der Waals surface area contributed by atoms with Gasteiger partial charge in [0.05, 0.1) is 22.9 Å². The van der Waals surface area contributed by atoms with E-state index in [9.17, 15) is 19.8 Å². The van der Waals surface area contributed by atoms with Crippen LogP contribution in [0.4, 0.5) is 0 Å². The van der Waals surface area contributed by atoms with E-state index in [4.69, 9.17) is 4.94 Å². The van der Waals surface area contributed by atoms with Crippen molar-refractivity contribution in [1.82, 2.24) is 10.1 Å². The van der Waals surface area contributed by atoms with Crippen molar-refractivity contribution in [2.75, 3.05) is 0 Å². The molecule has 0 bridgehead atoms. The van der Waals surface area contributed by atoms with Crippen molar-refractivity contribution in [3.8, 4) is 0 Å². The van der Waals surface area contributed by atoms with Gasteiger partial charge in [0.2, 0.25) is 0 Å². The van der Waals surface area contributed by atoms with Gasteiger partial charge in [-0.15, -0.1) is 0 Å². The van der Waals surface area contributed by atoms with Crippen LogP contribution in [-0.2, 0) is 14.5 Å². The van der Waals surface area contributed by atoms with Gasteiger partial charge in [0.15, 0.2) is 0 Å². The Balaban J connectivity index is 2.40. The van der Waals surface area contributed by atoms with Crippen LogP contribution < -0.4 is 0 Å². The summed E-state index contributed by atoms with van der Waals surface area (Å²) < 4.78 is 0. The van der Waals surface area contributed by atoms with Gasteiger partial charge in [-0.2, -0.15) is 10.1 Å². The average Bonchev–Trinajstić information content (AvgIpc) is 2.70. The molecule has 2 fully saturated rings. The SMILES string of the molecule is CC1(C)CC(C(=O)O)C(C)(C)N1ON1C(C)(C)CC(C(=O)O)C1(C)C. The number of hydrogen-bond donors (Lipinski definition) is 2. The zero-order chi connectivity index (χ0) is 19.6. The van der Waals surface area contributed by atoms with Gasteiger partial charge < -0.3 is 10.2 Å². The standard InChI is InChI=1S/C18H32N2O5/c1-15(2)9-11(13(21)22)17(5,6)19(15)25-20-16(3,4)10-12(14(23)24)18(20,7)8/h11-12H,9-10H2,1-8H3,(H,21,22)(H,23,24). The third-order valence-electron chi connectivity index (χ3n) is 6.02. The largest absolute Gasteiger partial charge is 0.481 e. The molecule has 2 aliphatic heterocycles. The second-order valence-corrected chi connectivity index (χ2v) is 9.79. The summed E-state index contributed by atoms with van der Waals surface area (Å²) in [6, 6.07) is 0. The molecule has 2 heterocycles. The summed E-state index contributed by atoms with van der Waals surface area (Å²) in [4.78, 5) is 29.8. The molecule has 0 aromatic carbocycles. The maximum atomic E-state index is 11.7. The van der Waals surface area contributed by atoms with Gasteiger partial charge in [-0.1, -0.05) is 0 Å². The lowest BCUT2D eigenvalue weighted by Crippen LogP contribution is -2.59. The van der Waals surface area contributed by atoms with Crippen molar-refractivity contribution >= 4 is 11.9 Å². The molecular weight excluding hydrogens is 324 g/mol. The molecule has 2 saturated heterocycles. The maximum Gasteiger partial charge on any atom is 0.308 e. The molecule has 0 radical (unpaired) electrons. The molecule has 0 aliphatic carbocycles. The Morgan fingerprint density at radius 1 is 0.760 bits per heavy atom. The number of carbonyl (C=O) groups is 2. The van der Waals surface area contributed by atoms with Crippen molar-refractivity contribution in [3.63, 3.8) is 0 Å². The van der Waals surface area contributed by atoms with E-state index in [0.717, 1.165) is 0 Å². The maximum absolute atomic E-state index is 11.7. The number of rotatable bonds is 4. The predicted octanol–water partition coefficient (Wildman–Crippen LogP) is 2.76. The van der Waals surface area contributed by atoms with Crippen LogP contribution in [0, 0.1) is 11.8 Å². The summed E-state index contributed by atoms with van der Waals surface area (Å²) in [5, 5.41) is 22.7. The van der Waals surface area contributed by atoms with Crippen LogP contribution in [0.3, 0.4) is 0 Å². The molecule has 2 atom stereocenters. The highest BCUT2D eigenvalue weighted by Crippen LogP contribution is 2.50. The minimum Gasteiger partial charge on any atom is -0.481 e. The lowest BCUT2D eigenvalue weighted by atomic mass is 9.87. The summed E-state index contributed by atoms with van der Waals surface area (Å²) in [7, 11) is 0. The van der Waals surface area contributed by atoms with Gasteiger partial charge in [-0.3, -0.25) is 9.59 Å². The predicted molar refractivity (Wildman–Crippen MR) is 92.6 cm³/mol. The highest BCUT2D eigenvalue weighted by Gasteiger charge is 2.61. The first-order valence-corrected chi connectivity index (χ1v) is 8.79. The number of hydrogen-bond acceptors (Lipinski definition) is 5. The second-order valence-electron chi connectivity index (χ2n) is 9.79. The number of carboxylic acid groups (broad SMARTS) is 2. The Hall–Kier alpha value is -1.18.